The van der Waals surface area contributed by atoms with Crippen molar-refractivity contribution in [2.45, 2.75) is 0 Å². The van der Waals surface area contributed by atoms with E-state index < -0.39 is 8.07 Å². The maximum Gasteiger partial charge on any atom is 0.240 e. The fraction of sp³-hybridized carbons (Fsp3) is 0. The Hall–Kier alpha value is -8.39. The Morgan fingerprint density at radius 3 is 1.25 bits per heavy atom. The van der Waals surface area contributed by atoms with Crippen molar-refractivity contribution in [1.82, 2.24) is 28.7 Å². The van der Waals surface area contributed by atoms with Crippen molar-refractivity contribution in [3.8, 4) is 29.0 Å². The van der Waals surface area contributed by atoms with Crippen molar-refractivity contribution in [3.63, 3.8) is 0 Å². The molecular formula is C57H36N6Si. The average Bonchev–Trinajstić information content (AvgIpc) is 4.01. The summed E-state index contributed by atoms with van der Waals surface area (Å²) in [5.74, 6) is 1.75. The molecule has 0 saturated heterocycles. The summed E-state index contributed by atoms with van der Waals surface area (Å²) in [6, 6.07) is 79.3. The van der Waals surface area contributed by atoms with Crippen molar-refractivity contribution in [1.29, 1.82) is 0 Å². The second kappa shape index (κ2) is 13.3. The zero-order valence-electron chi connectivity index (χ0n) is 34.5. The zero-order chi connectivity index (χ0) is 41.9. The van der Waals surface area contributed by atoms with Crippen molar-refractivity contribution in [3.05, 3.63) is 218 Å². The molecule has 0 bridgehead atoms. The van der Waals surface area contributed by atoms with Crippen LogP contribution in [-0.2, 0) is 0 Å². The Kier molecular flexibility index (Phi) is 7.32. The number of benzene rings is 9. The molecule has 298 valence electrons. The number of hydrogen-bond acceptors (Lipinski definition) is 3. The van der Waals surface area contributed by atoms with E-state index in [2.05, 4.69) is 232 Å². The molecule has 64 heavy (non-hydrogen) atoms. The van der Waals surface area contributed by atoms with Gasteiger partial charge in [-0.15, -0.1) is 0 Å². The van der Waals surface area contributed by atoms with E-state index in [0.717, 1.165) is 49.2 Å². The first kappa shape index (κ1) is 35.2. The van der Waals surface area contributed by atoms with Gasteiger partial charge < -0.3 is 4.57 Å². The third-order valence-corrected chi connectivity index (χ3v) is 18.4. The Labute approximate surface area is 368 Å². The Balaban J connectivity index is 1.04. The largest absolute Gasteiger partial charge is 0.309 e. The topological polar surface area (TPSA) is 53.5 Å². The summed E-state index contributed by atoms with van der Waals surface area (Å²) in [5, 5.41) is 12.6. The van der Waals surface area contributed by atoms with Gasteiger partial charge in [-0.2, -0.15) is 15.0 Å². The lowest BCUT2D eigenvalue weighted by molar-refractivity contribution is 0.893. The monoisotopic (exact) mass is 832 g/mol. The maximum atomic E-state index is 5.39. The van der Waals surface area contributed by atoms with Gasteiger partial charge in [-0.3, -0.25) is 9.13 Å². The van der Waals surface area contributed by atoms with Crippen LogP contribution in [0.3, 0.4) is 0 Å². The molecule has 5 heterocycles. The van der Waals surface area contributed by atoms with Gasteiger partial charge in [0.1, 0.15) is 0 Å². The Morgan fingerprint density at radius 1 is 0.297 bits per heavy atom. The lowest BCUT2D eigenvalue weighted by atomic mass is 10.1. The van der Waals surface area contributed by atoms with E-state index >= 15 is 0 Å². The summed E-state index contributed by atoms with van der Waals surface area (Å²) in [6.07, 6.45) is 0. The molecule has 7 heteroatoms. The molecule has 0 saturated carbocycles. The lowest BCUT2D eigenvalue weighted by Crippen LogP contribution is -2.76. The predicted molar refractivity (Wildman–Crippen MR) is 265 cm³/mol. The first-order valence-corrected chi connectivity index (χ1v) is 23.8. The molecule has 14 rings (SSSR count). The van der Waals surface area contributed by atoms with Crippen molar-refractivity contribution >= 4 is 94.2 Å². The first-order chi connectivity index (χ1) is 31.8. The van der Waals surface area contributed by atoms with Gasteiger partial charge in [0.15, 0.2) is 13.9 Å². The van der Waals surface area contributed by atoms with Crippen LogP contribution in [0.15, 0.2) is 218 Å². The molecule has 0 fully saturated rings. The highest BCUT2D eigenvalue weighted by Gasteiger charge is 2.47. The quantitative estimate of drug-likeness (QED) is 0.162. The Morgan fingerprint density at radius 2 is 0.703 bits per heavy atom. The smallest absolute Gasteiger partial charge is 0.240 e. The Bertz CT molecular complexity index is 3790. The van der Waals surface area contributed by atoms with Crippen LogP contribution in [0.4, 0.5) is 0 Å². The highest BCUT2D eigenvalue weighted by Crippen LogP contribution is 2.37. The van der Waals surface area contributed by atoms with Gasteiger partial charge in [0, 0.05) is 43.6 Å². The zero-order valence-corrected chi connectivity index (χ0v) is 35.5. The summed E-state index contributed by atoms with van der Waals surface area (Å²) < 4.78 is 6.89. The van der Waals surface area contributed by atoms with Crippen molar-refractivity contribution in [2.75, 3.05) is 0 Å². The summed E-state index contributed by atoms with van der Waals surface area (Å²) in [6.45, 7) is 0. The minimum atomic E-state index is -2.91. The van der Waals surface area contributed by atoms with E-state index in [-0.39, 0.29) is 0 Å². The third kappa shape index (κ3) is 4.70. The number of para-hydroxylation sites is 7. The van der Waals surface area contributed by atoms with Gasteiger partial charge in [0.2, 0.25) is 11.9 Å². The van der Waals surface area contributed by atoms with Crippen molar-refractivity contribution in [2.24, 2.45) is 0 Å². The molecule has 6 nitrogen and oxygen atoms in total. The van der Waals surface area contributed by atoms with E-state index in [1.54, 1.807) is 0 Å². The van der Waals surface area contributed by atoms with Gasteiger partial charge in [-0.25, -0.2) is 0 Å². The van der Waals surface area contributed by atoms with Gasteiger partial charge in [0.25, 0.3) is 0 Å². The van der Waals surface area contributed by atoms with E-state index in [4.69, 9.17) is 15.0 Å². The fourth-order valence-electron chi connectivity index (χ4n) is 11.0. The summed E-state index contributed by atoms with van der Waals surface area (Å²) in [5.41, 5.74) is 8.87. The van der Waals surface area contributed by atoms with E-state index in [9.17, 15) is 0 Å². The number of aromatic nitrogens is 6. The fourth-order valence-corrected chi connectivity index (χ4v) is 16.1. The molecule has 4 aromatic heterocycles. The molecule has 13 aromatic rings. The van der Waals surface area contributed by atoms with Crippen LogP contribution in [0, 0.1) is 0 Å². The average molecular weight is 833 g/mol. The molecule has 0 N–H and O–H groups in total. The van der Waals surface area contributed by atoms with Gasteiger partial charge in [0.05, 0.1) is 33.1 Å². The van der Waals surface area contributed by atoms with Gasteiger partial charge >= 0.3 is 0 Å². The number of nitrogens with zero attached hydrogens (tertiary/aromatic N) is 6. The van der Waals surface area contributed by atoms with Crippen LogP contribution in [0.2, 0.25) is 0 Å². The minimum Gasteiger partial charge on any atom is -0.309 e. The number of rotatable bonds is 5. The van der Waals surface area contributed by atoms with E-state index in [0.29, 0.717) is 17.7 Å². The molecule has 1 aliphatic heterocycles. The van der Waals surface area contributed by atoms with Crippen LogP contribution < -0.4 is 20.7 Å². The van der Waals surface area contributed by atoms with Gasteiger partial charge in [-0.1, -0.05) is 182 Å². The maximum absolute atomic E-state index is 5.39. The van der Waals surface area contributed by atoms with Crippen LogP contribution >= 0.6 is 0 Å². The van der Waals surface area contributed by atoms with E-state index in [1.807, 2.05) is 0 Å². The summed E-state index contributed by atoms with van der Waals surface area (Å²) >= 11 is 0. The molecule has 0 spiro atoms. The van der Waals surface area contributed by atoms with Crippen LogP contribution in [0.1, 0.15) is 0 Å². The number of hydrogen-bond donors (Lipinski definition) is 0. The van der Waals surface area contributed by atoms with Gasteiger partial charge in [-0.05, 0) is 57.1 Å². The molecule has 0 amide bonds. The molecule has 9 aromatic carbocycles. The second-order valence-electron chi connectivity index (χ2n) is 16.8. The lowest BCUT2D eigenvalue weighted by Gasteiger charge is -2.39. The number of fused-ring (bicyclic) bond motifs is 11. The minimum absolute atomic E-state index is 0.569. The summed E-state index contributed by atoms with van der Waals surface area (Å²) in [7, 11) is -2.91. The van der Waals surface area contributed by atoms with E-state index in [1.165, 1.54) is 48.2 Å². The molecule has 0 radical (unpaired) electrons. The third-order valence-electron chi connectivity index (χ3n) is 13.6. The first-order valence-electron chi connectivity index (χ1n) is 21.8. The predicted octanol–water partition coefficient (Wildman–Crippen LogP) is 10.5. The van der Waals surface area contributed by atoms with Crippen molar-refractivity contribution < 1.29 is 0 Å². The molecule has 1 aliphatic rings. The van der Waals surface area contributed by atoms with Crippen LogP contribution in [0.25, 0.3) is 94.4 Å². The van der Waals surface area contributed by atoms with Crippen LogP contribution in [0.5, 0.6) is 0 Å². The molecule has 1 atom stereocenters. The summed E-state index contributed by atoms with van der Waals surface area (Å²) in [4.78, 5) is 16.2. The standard InChI is InChI=1S/C57H36N6Si/c1-2-17-38(18-3-1)64(52-31-15-14-30-51(52)61-46-25-9-8-23-44(46)45-24-16-32-53(64)54(45)61)39-35-33-37(34-36-39)55-58-56(62-47-26-10-4-19-40(47)41-20-5-11-27-48(41)62)60-57(59-55)63-49-28-12-6-21-42(49)43-22-7-13-29-50(43)63/h1-36H. The molecular weight excluding hydrogens is 797 g/mol. The normalized spacial score (nSPS) is 14.6. The molecule has 1 unspecified atom stereocenters. The second-order valence-corrected chi connectivity index (χ2v) is 20.5. The highest BCUT2D eigenvalue weighted by atomic mass is 28.3. The van der Waals surface area contributed by atoms with Crippen LogP contribution in [-0.4, -0.2) is 36.7 Å². The molecule has 0 aliphatic carbocycles. The SMILES string of the molecule is c1ccc([Si]2(c3ccc(-c4nc(-n5c6ccccc6c6ccccc65)nc(-n5c6ccccc6c6ccccc65)n4)cc3)c3ccccc3-n3c4ccccc4c4cccc2c43)cc1. The highest BCUT2D eigenvalue weighted by molar-refractivity contribution is 7.21.